The molecule has 2 heterocycles. The van der Waals surface area contributed by atoms with Crippen LogP contribution < -0.4 is 4.74 Å². The Balaban J connectivity index is 1.61. The summed E-state index contributed by atoms with van der Waals surface area (Å²) < 4.78 is 6.27. The lowest BCUT2D eigenvalue weighted by Crippen LogP contribution is -2.47. The van der Waals surface area contributed by atoms with Gasteiger partial charge in [0, 0.05) is 38.9 Å². The van der Waals surface area contributed by atoms with E-state index in [9.17, 15) is 0 Å². The van der Waals surface area contributed by atoms with E-state index in [1.165, 1.54) is 11.1 Å². The minimum absolute atomic E-state index is 0.0885. The Bertz CT molecular complexity index is 453. The van der Waals surface area contributed by atoms with E-state index in [0.29, 0.717) is 0 Å². The van der Waals surface area contributed by atoms with Crippen molar-refractivity contribution in [1.82, 2.24) is 4.90 Å². The molecule has 0 unspecified atom stereocenters. The lowest BCUT2D eigenvalue weighted by molar-refractivity contribution is 0.0229. The molecule has 3 rings (SSSR count). The van der Waals surface area contributed by atoms with Gasteiger partial charge in [-0.05, 0) is 25.5 Å². The molecule has 2 nitrogen and oxygen atoms in total. The molecule has 0 saturated carbocycles. The van der Waals surface area contributed by atoms with Crippen LogP contribution >= 0.6 is 0 Å². The van der Waals surface area contributed by atoms with Gasteiger partial charge in [0.15, 0.2) is 0 Å². The first-order valence-electron chi connectivity index (χ1n) is 7.30. The minimum atomic E-state index is 0.0885. The smallest absolute Gasteiger partial charge is 0.123 e. The zero-order valence-corrected chi connectivity index (χ0v) is 12.0. The first-order valence-corrected chi connectivity index (χ1v) is 7.30. The molecule has 2 aliphatic heterocycles. The molecule has 0 atom stereocenters. The number of rotatable bonds is 2. The summed E-state index contributed by atoms with van der Waals surface area (Å²) in [7, 11) is 0. The van der Waals surface area contributed by atoms with Crippen LogP contribution in [0.3, 0.4) is 0 Å². The van der Waals surface area contributed by atoms with E-state index in [1.54, 1.807) is 0 Å². The maximum atomic E-state index is 6.27. The fourth-order valence-electron chi connectivity index (χ4n) is 3.10. The summed E-state index contributed by atoms with van der Waals surface area (Å²) >= 11 is 0. The number of fused-ring (bicyclic) bond motifs is 1. The first kappa shape index (κ1) is 12.7. The van der Waals surface area contributed by atoms with Crippen LogP contribution in [0.25, 0.3) is 0 Å². The number of nitrogens with zero attached hydrogens (tertiary/aromatic N) is 1. The van der Waals surface area contributed by atoms with E-state index in [-0.39, 0.29) is 5.60 Å². The van der Waals surface area contributed by atoms with Gasteiger partial charge >= 0.3 is 0 Å². The summed E-state index contributed by atoms with van der Waals surface area (Å²) in [5.74, 6) is 1.11. The van der Waals surface area contributed by atoms with Crippen molar-refractivity contribution >= 4 is 0 Å². The summed E-state index contributed by atoms with van der Waals surface area (Å²) in [6, 6.07) is 8.51. The van der Waals surface area contributed by atoms with E-state index in [1.807, 2.05) is 0 Å². The molecule has 1 aromatic rings. The van der Waals surface area contributed by atoms with Crippen molar-refractivity contribution in [1.29, 1.82) is 0 Å². The first-order chi connectivity index (χ1) is 9.17. The van der Waals surface area contributed by atoms with Crippen LogP contribution in [0.4, 0.5) is 0 Å². The number of allylic oxidation sites excluding steroid dienone is 1. The van der Waals surface area contributed by atoms with E-state index >= 15 is 0 Å². The fourth-order valence-corrected chi connectivity index (χ4v) is 3.10. The second-order valence-electron chi connectivity index (χ2n) is 6.15. The molecule has 19 heavy (non-hydrogen) atoms. The summed E-state index contributed by atoms with van der Waals surface area (Å²) in [5, 5.41) is 0. The van der Waals surface area contributed by atoms with Crippen LogP contribution in [-0.4, -0.2) is 30.1 Å². The van der Waals surface area contributed by atoms with E-state index in [0.717, 1.165) is 44.6 Å². The molecule has 2 aliphatic rings. The summed E-state index contributed by atoms with van der Waals surface area (Å²) in [6.07, 6.45) is 5.72. The topological polar surface area (TPSA) is 12.5 Å². The molecule has 0 aromatic heterocycles. The minimum Gasteiger partial charge on any atom is -0.487 e. The highest BCUT2D eigenvalue weighted by Crippen LogP contribution is 2.40. The molecule has 0 radical (unpaired) electrons. The van der Waals surface area contributed by atoms with Crippen molar-refractivity contribution < 1.29 is 4.74 Å². The monoisotopic (exact) mass is 257 g/mol. The molecule has 1 spiro atoms. The normalized spacial score (nSPS) is 20.9. The van der Waals surface area contributed by atoms with Crippen molar-refractivity contribution in [2.45, 2.75) is 38.7 Å². The Labute approximate surface area is 116 Å². The second-order valence-corrected chi connectivity index (χ2v) is 6.15. The van der Waals surface area contributed by atoms with Crippen molar-refractivity contribution in [3.63, 3.8) is 0 Å². The highest BCUT2D eigenvalue weighted by atomic mass is 16.5. The Kier molecular flexibility index (Phi) is 3.36. The Morgan fingerprint density at radius 2 is 2.00 bits per heavy atom. The third-order valence-electron chi connectivity index (χ3n) is 4.34. The molecule has 0 bridgehead atoms. The molecule has 1 fully saturated rings. The maximum Gasteiger partial charge on any atom is 0.123 e. The van der Waals surface area contributed by atoms with Crippen LogP contribution in [0.1, 0.15) is 32.3 Å². The third kappa shape index (κ3) is 2.69. The van der Waals surface area contributed by atoms with Gasteiger partial charge in [-0.1, -0.05) is 29.8 Å². The number of hydrogen-bond donors (Lipinski definition) is 0. The fraction of sp³-hybridized carbons (Fsp3) is 0.529. The van der Waals surface area contributed by atoms with E-state index in [2.05, 4.69) is 49.1 Å². The SMILES string of the molecule is CC(C)=CCN1CCC2(CC1)Cc1ccccc1O2. The average Bonchev–Trinajstić information content (AvgIpc) is 2.76. The molecule has 102 valence electrons. The lowest BCUT2D eigenvalue weighted by Gasteiger charge is -2.38. The highest BCUT2D eigenvalue weighted by Gasteiger charge is 2.41. The van der Waals surface area contributed by atoms with Gasteiger partial charge in [-0.2, -0.15) is 0 Å². The van der Waals surface area contributed by atoms with Gasteiger partial charge < -0.3 is 4.74 Å². The number of piperidine rings is 1. The number of ether oxygens (including phenoxy) is 1. The van der Waals surface area contributed by atoms with Crippen molar-refractivity contribution in [3.05, 3.63) is 41.5 Å². The Hall–Kier alpha value is -1.28. The lowest BCUT2D eigenvalue weighted by atomic mass is 9.87. The summed E-state index contributed by atoms with van der Waals surface area (Å²) in [4.78, 5) is 2.53. The number of hydrogen-bond acceptors (Lipinski definition) is 2. The molecule has 0 aliphatic carbocycles. The molecule has 0 amide bonds. The van der Waals surface area contributed by atoms with Gasteiger partial charge in [0.25, 0.3) is 0 Å². The third-order valence-corrected chi connectivity index (χ3v) is 4.34. The van der Waals surface area contributed by atoms with Crippen LogP contribution in [0, 0.1) is 0 Å². The average molecular weight is 257 g/mol. The maximum absolute atomic E-state index is 6.27. The predicted octanol–water partition coefficient (Wildman–Crippen LogP) is 3.42. The van der Waals surface area contributed by atoms with Crippen LogP contribution in [0.5, 0.6) is 5.75 Å². The highest BCUT2D eigenvalue weighted by molar-refractivity contribution is 5.39. The standard InChI is InChI=1S/C17H23NO/c1-14(2)7-10-18-11-8-17(9-12-18)13-15-5-3-4-6-16(15)19-17/h3-7H,8-13H2,1-2H3. The van der Waals surface area contributed by atoms with Crippen molar-refractivity contribution in [3.8, 4) is 5.75 Å². The predicted molar refractivity (Wildman–Crippen MR) is 78.6 cm³/mol. The summed E-state index contributed by atoms with van der Waals surface area (Å²) in [6.45, 7) is 7.73. The molecule has 1 saturated heterocycles. The van der Waals surface area contributed by atoms with Gasteiger partial charge in [0.2, 0.25) is 0 Å². The van der Waals surface area contributed by atoms with Gasteiger partial charge in [0.05, 0.1) is 0 Å². The number of likely N-dealkylation sites (tertiary alicyclic amines) is 1. The molecule has 2 heteroatoms. The largest absolute Gasteiger partial charge is 0.487 e. The number of para-hydroxylation sites is 1. The van der Waals surface area contributed by atoms with Gasteiger partial charge in [-0.15, -0.1) is 0 Å². The Morgan fingerprint density at radius 3 is 2.68 bits per heavy atom. The zero-order chi connectivity index (χ0) is 13.3. The molecular formula is C17H23NO. The molecule has 1 aromatic carbocycles. The van der Waals surface area contributed by atoms with Crippen LogP contribution in [-0.2, 0) is 6.42 Å². The van der Waals surface area contributed by atoms with E-state index < -0.39 is 0 Å². The number of benzene rings is 1. The van der Waals surface area contributed by atoms with Gasteiger partial charge in [-0.3, -0.25) is 4.90 Å². The zero-order valence-electron chi connectivity index (χ0n) is 12.0. The van der Waals surface area contributed by atoms with Crippen molar-refractivity contribution in [2.75, 3.05) is 19.6 Å². The van der Waals surface area contributed by atoms with Gasteiger partial charge in [0.1, 0.15) is 11.4 Å². The molecule has 0 N–H and O–H groups in total. The Morgan fingerprint density at radius 1 is 1.26 bits per heavy atom. The van der Waals surface area contributed by atoms with Crippen LogP contribution in [0.2, 0.25) is 0 Å². The summed E-state index contributed by atoms with van der Waals surface area (Å²) in [5.41, 5.74) is 2.88. The van der Waals surface area contributed by atoms with E-state index in [4.69, 9.17) is 4.74 Å². The van der Waals surface area contributed by atoms with Crippen molar-refractivity contribution in [2.24, 2.45) is 0 Å². The molecular weight excluding hydrogens is 234 g/mol. The van der Waals surface area contributed by atoms with Gasteiger partial charge in [-0.25, -0.2) is 0 Å². The van der Waals surface area contributed by atoms with Crippen LogP contribution in [0.15, 0.2) is 35.9 Å². The quantitative estimate of drug-likeness (QED) is 0.753. The second kappa shape index (κ2) is 5.01.